The molecule has 3 aromatic carbocycles. The molecule has 1 atom stereocenters. The van der Waals surface area contributed by atoms with Crippen molar-refractivity contribution in [3.05, 3.63) is 94.7 Å². The molecule has 0 aliphatic heterocycles. The van der Waals surface area contributed by atoms with Crippen LogP contribution in [-0.2, 0) is 26.2 Å². The number of amides is 2. The van der Waals surface area contributed by atoms with Crippen molar-refractivity contribution >= 4 is 43.5 Å². The smallest absolute Gasteiger partial charge is 0.264 e. The summed E-state index contributed by atoms with van der Waals surface area (Å²) in [4.78, 5) is 28.7. The van der Waals surface area contributed by atoms with E-state index in [0.717, 1.165) is 8.78 Å². The van der Waals surface area contributed by atoms with Crippen molar-refractivity contribution in [2.45, 2.75) is 57.1 Å². The molecular weight excluding hydrogens is 585 g/mol. The molecule has 0 bridgehead atoms. The third-order valence-electron chi connectivity index (χ3n) is 5.87. The van der Waals surface area contributed by atoms with Crippen molar-refractivity contribution in [2.75, 3.05) is 10.8 Å². The zero-order valence-electron chi connectivity index (χ0n) is 22.4. The van der Waals surface area contributed by atoms with Crippen LogP contribution in [0.2, 0.25) is 0 Å². The van der Waals surface area contributed by atoms with Gasteiger partial charge in [0.05, 0.1) is 10.6 Å². The highest BCUT2D eigenvalue weighted by molar-refractivity contribution is 9.10. The first-order valence-electron chi connectivity index (χ1n) is 12.5. The van der Waals surface area contributed by atoms with E-state index in [0.29, 0.717) is 17.7 Å². The summed E-state index contributed by atoms with van der Waals surface area (Å²) >= 11 is 3.36. The van der Waals surface area contributed by atoms with Crippen LogP contribution in [0.15, 0.2) is 88.2 Å². The van der Waals surface area contributed by atoms with Crippen LogP contribution in [0.1, 0.15) is 39.7 Å². The predicted molar refractivity (Wildman–Crippen MR) is 154 cm³/mol. The average Bonchev–Trinajstić information content (AvgIpc) is 2.88. The lowest BCUT2D eigenvalue weighted by Gasteiger charge is -2.34. The number of hydrogen-bond acceptors (Lipinski definition) is 4. The van der Waals surface area contributed by atoms with Crippen LogP contribution in [0.4, 0.5) is 10.1 Å². The van der Waals surface area contributed by atoms with Crippen LogP contribution in [0.5, 0.6) is 0 Å². The maximum absolute atomic E-state index is 14.0. The van der Waals surface area contributed by atoms with Crippen LogP contribution in [0, 0.1) is 5.82 Å². The minimum absolute atomic E-state index is 0.00521. The molecule has 3 aromatic rings. The van der Waals surface area contributed by atoms with E-state index in [2.05, 4.69) is 21.2 Å². The minimum atomic E-state index is -4.14. The van der Waals surface area contributed by atoms with Gasteiger partial charge in [-0.15, -0.1) is 0 Å². The van der Waals surface area contributed by atoms with Crippen molar-refractivity contribution in [1.82, 2.24) is 10.2 Å². The number of anilines is 1. The largest absolute Gasteiger partial charge is 0.350 e. The Hall–Kier alpha value is -3.24. The summed E-state index contributed by atoms with van der Waals surface area (Å²) in [5.41, 5.74) is 0.354. The summed E-state index contributed by atoms with van der Waals surface area (Å²) in [5.74, 6) is -1.36. The Bertz CT molecular complexity index is 1380. The van der Waals surface area contributed by atoms with Crippen LogP contribution < -0.4 is 9.62 Å². The van der Waals surface area contributed by atoms with Crippen LogP contribution in [0.25, 0.3) is 0 Å². The molecule has 208 valence electrons. The van der Waals surface area contributed by atoms with Gasteiger partial charge in [-0.2, -0.15) is 0 Å². The predicted octanol–water partition coefficient (Wildman–Crippen LogP) is 5.51. The first kappa shape index (κ1) is 30.3. The summed E-state index contributed by atoms with van der Waals surface area (Å²) in [5, 5.41) is 2.92. The Balaban J connectivity index is 2.05. The molecule has 1 N–H and O–H groups in total. The molecule has 3 rings (SSSR count). The molecule has 39 heavy (non-hydrogen) atoms. The van der Waals surface area contributed by atoms with Crippen molar-refractivity contribution in [1.29, 1.82) is 0 Å². The minimum Gasteiger partial charge on any atom is -0.350 e. The zero-order valence-corrected chi connectivity index (χ0v) is 24.8. The third kappa shape index (κ3) is 8.12. The molecule has 0 fully saturated rings. The molecule has 0 radical (unpaired) electrons. The lowest BCUT2D eigenvalue weighted by Crippen LogP contribution is -2.55. The molecule has 0 aliphatic rings. The van der Waals surface area contributed by atoms with Gasteiger partial charge < -0.3 is 10.2 Å². The Morgan fingerprint density at radius 2 is 1.54 bits per heavy atom. The first-order chi connectivity index (χ1) is 18.3. The fourth-order valence-electron chi connectivity index (χ4n) is 4.01. The van der Waals surface area contributed by atoms with E-state index in [1.807, 2.05) is 20.8 Å². The summed E-state index contributed by atoms with van der Waals surface area (Å²) in [6, 6.07) is 19.2. The van der Waals surface area contributed by atoms with Gasteiger partial charge in [0.1, 0.15) is 18.4 Å². The van der Waals surface area contributed by atoms with E-state index >= 15 is 0 Å². The summed E-state index contributed by atoms with van der Waals surface area (Å²) in [7, 11) is -4.14. The van der Waals surface area contributed by atoms with Gasteiger partial charge in [0, 0.05) is 16.6 Å². The summed E-state index contributed by atoms with van der Waals surface area (Å²) in [6.45, 7) is 6.75. The third-order valence-corrected chi connectivity index (χ3v) is 8.19. The van der Waals surface area contributed by atoms with E-state index in [9.17, 15) is 22.4 Å². The Morgan fingerprint density at radius 1 is 0.949 bits per heavy atom. The topological polar surface area (TPSA) is 86.8 Å². The number of nitrogens with one attached hydrogen (secondary N) is 1. The van der Waals surface area contributed by atoms with Crippen molar-refractivity contribution < 1.29 is 22.4 Å². The van der Waals surface area contributed by atoms with Gasteiger partial charge in [0.25, 0.3) is 10.0 Å². The van der Waals surface area contributed by atoms with Crippen molar-refractivity contribution in [2.24, 2.45) is 0 Å². The molecule has 0 heterocycles. The number of nitrogens with zero attached hydrogens (tertiary/aromatic N) is 2. The molecule has 0 saturated carbocycles. The fourth-order valence-corrected chi connectivity index (χ4v) is 5.71. The van der Waals surface area contributed by atoms with Gasteiger partial charge in [-0.1, -0.05) is 53.2 Å². The van der Waals surface area contributed by atoms with E-state index in [1.165, 1.54) is 41.3 Å². The molecule has 2 amide bonds. The SMILES string of the molecule is CCC(C(=O)NC(C)(C)C)N(Cc1ccc(F)cc1)C(=O)CN(c1ccc(Br)cc1)S(=O)(=O)c1ccccc1. The quantitative estimate of drug-likeness (QED) is 0.325. The van der Waals surface area contributed by atoms with E-state index in [4.69, 9.17) is 0 Å². The second kappa shape index (κ2) is 12.7. The van der Waals surface area contributed by atoms with Gasteiger partial charge in [-0.3, -0.25) is 13.9 Å². The zero-order chi connectivity index (χ0) is 28.8. The van der Waals surface area contributed by atoms with E-state index in [1.54, 1.807) is 49.4 Å². The molecule has 0 saturated heterocycles. The Morgan fingerprint density at radius 3 is 2.08 bits per heavy atom. The maximum Gasteiger partial charge on any atom is 0.264 e. The van der Waals surface area contributed by atoms with E-state index < -0.39 is 39.9 Å². The molecule has 0 aromatic heterocycles. The number of halogens is 2. The Kier molecular flexibility index (Phi) is 9.90. The number of carbonyl (C=O) groups excluding carboxylic acids is 2. The molecule has 0 aliphatic carbocycles. The van der Waals surface area contributed by atoms with E-state index in [-0.39, 0.29) is 17.3 Å². The lowest BCUT2D eigenvalue weighted by atomic mass is 10.1. The number of benzene rings is 3. The van der Waals surface area contributed by atoms with Crippen LogP contribution >= 0.6 is 15.9 Å². The number of hydrogen-bond donors (Lipinski definition) is 1. The highest BCUT2D eigenvalue weighted by atomic mass is 79.9. The maximum atomic E-state index is 14.0. The lowest BCUT2D eigenvalue weighted by molar-refractivity contribution is -0.141. The standard InChI is InChI=1S/C29H33BrFN3O4S/c1-5-26(28(36)32-29(2,3)4)33(19-21-11-15-23(31)16-12-21)27(35)20-34(24-17-13-22(30)14-18-24)39(37,38)25-9-7-6-8-10-25/h6-18,26H,5,19-20H2,1-4H3,(H,32,36). The number of sulfonamides is 1. The summed E-state index contributed by atoms with van der Waals surface area (Å²) in [6.07, 6.45) is 0.290. The number of carbonyl (C=O) groups is 2. The van der Waals surface area contributed by atoms with Gasteiger partial charge in [-0.05, 0) is 81.3 Å². The first-order valence-corrected chi connectivity index (χ1v) is 14.7. The average molecular weight is 619 g/mol. The normalized spacial score (nSPS) is 12.5. The highest BCUT2D eigenvalue weighted by Gasteiger charge is 2.34. The highest BCUT2D eigenvalue weighted by Crippen LogP contribution is 2.26. The monoisotopic (exact) mass is 617 g/mol. The molecule has 10 heteroatoms. The molecular formula is C29H33BrFN3O4S. The van der Waals surface area contributed by atoms with Gasteiger partial charge in [-0.25, -0.2) is 12.8 Å². The molecule has 1 unspecified atom stereocenters. The van der Waals surface area contributed by atoms with Gasteiger partial charge in [0.15, 0.2) is 0 Å². The second-order valence-electron chi connectivity index (χ2n) is 10.1. The van der Waals surface area contributed by atoms with Crippen LogP contribution in [-0.4, -0.2) is 43.3 Å². The fraction of sp³-hybridized carbons (Fsp3) is 0.310. The number of rotatable bonds is 10. The molecule has 0 spiro atoms. The van der Waals surface area contributed by atoms with Crippen molar-refractivity contribution in [3.63, 3.8) is 0 Å². The molecule has 7 nitrogen and oxygen atoms in total. The van der Waals surface area contributed by atoms with Crippen LogP contribution in [0.3, 0.4) is 0 Å². The van der Waals surface area contributed by atoms with Crippen molar-refractivity contribution in [3.8, 4) is 0 Å². The summed E-state index contributed by atoms with van der Waals surface area (Å²) < 4.78 is 42.9. The van der Waals surface area contributed by atoms with Gasteiger partial charge in [0.2, 0.25) is 11.8 Å². The Labute approximate surface area is 238 Å². The second-order valence-corrected chi connectivity index (χ2v) is 12.9. The van der Waals surface area contributed by atoms with Gasteiger partial charge >= 0.3 is 0 Å².